The number of benzene rings is 1. The van der Waals surface area contributed by atoms with Crippen LogP contribution >= 0.6 is 0 Å². The number of ether oxygens (including phenoxy) is 3. The minimum Gasteiger partial charge on any atom is -0.454 e. The summed E-state index contributed by atoms with van der Waals surface area (Å²) in [6, 6.07) is 3.00. The van der Waals surface area contributed by atoms with E-state index in [1.54, 1.807) is 6.07 Å². The third-order valence-corrected chi connectivity index (χ3v) is 4.67. The van der Waals surface area contributed by atoms with Gasteiger partial charge >= 0.3 is 6.61 Å². The highest BCUT2D eigenvalue weighted by atomic mass is 19.3. The molecule has 150 valence electrons. The fourth-order valence-corrected chi connectivity index (χ4v) is 3.28. The number of rotatable bonds is 7. The minimum atomic E-state index is -2.94. The third kappa shape index (κ3) is 5.12. The lowest BCUT2D eigenvalue weighted by Crippen LogP contribution is -2.41. The summed E-state index contributed by atoms with van der Waals surface area (Å²) in [5.74, 6) is 1.61. The van der Waals surface area contributed by atoms with Gasteiger partial charge in [0.15, 0.2) is 17.5 Å². The number of hydrogen-bond acceptors (Lipinski definition) is 5. The van der Waals surface area contributed by atoms with Crippen molar-refractivity contribution in [2.75, 3.05) is 19.9 Å². The fourth-order valence-electron chi connectivity index (χ4n) is 3.28. The van der Waals surface area contributed by atoms with Gasteiger partial charge in [-0.25, -0.2) is 4.99 Å². The molecule has 2 atom stereocenters. The maximum absolute atomic E-state index is 12.7. The number of aliphatic hydroxyl groups excluding tert-OH is 1. The molecule has 2 aliphatic rings. The molecule has 0 saturated heterocycles. The molecule has 0 bridgehead atoms. The largest absolute Gasteiger partial charge is 0.454 e. The smallest absolute Gasteiger partial charge is 0.387 e. The third-order valence-electron chi connectivity index (χ3n) is 4.67. The van der Waals surface area contributed by atoms with Crippen LogP contribution in [0, 0.1) is 5.92 Å². The first-order valence-corrected chi connectivity index (χ1v) is 9.14. The van der Waals surface area contributed by atoms with E-state index in [4.69, 9.17) is 9.47 Å². The van der Waals surface area contributed by atoms with Gasteiger partial charge in [0.25, 0.3) is 0 Å². The molecule has 1 aromatic carbocycles. The normalized spacial score (nSPS) is 21.6. The van der Waals surface area contributed by atoms with E-state index in [9.17, 15) is 13.9 Å². The highest BCUT2D eigenvalue weighted by molar-refractivity contribution is 5.79. The number of hydrogen-bond donors (Lipinski definition) is 3. The molecular formula is C18H25F2N3O4. The van der Waals surface area contributed by atoms with Crippen LogP contribution in [0.25, 0.3) is 0 Å². The molecule has 1 fully saturated rings. The average Bonchev–Trinajstić information content (AvgIpc) is 3.25. The van der Waals surface area contributed by atoms with Crippen LogP contribution in [0.2, 0.25) is 0 Å². The van der Waals surface area contributed by atoms with Crippen molar-refractivity contribution in [1.82, 2.24) is 10.6 Å². The molecule has 1 aromatic rings. The lowest BCUT2D eigenvalue weighted by Gasteiger charge is -2.18. The van der Waals surface area contributed by atoms with Gasteiger partial charge in [-0.2, -0.15) is 8.78 Å². The molecule has 3 rings (SSSR count). The standard InChI is InChI=1S/C18H25F2N3O4/c1-2-21-18(22-8-11-4-3-5-13(11)24)23-9-12-6-15-16(26-10-25-15)7-14(12)27-17(19)20/h6-7,11,13,17,24H,2-5,8-10H2,1H3,(H2,21,22,23). The number of alkyl halides is 2. The Morgan fingerprint density at radius 3 is 2.74 bits per heavy atom. The molecule has 0 spiro atoms. The van der Waals surface area contributed by atoms with Gasteiger partial charge in [0.1, 0.15) is 5.75 Å². The fraction of sp³-hybridized carbons (Fsp3) is 0.611. The van der Waals surface area contributed by atoms with Crippen molar-refractivity contribution in [3.8, 4) is 17.2 Å². The van der Waals surface area contributed by atoms with Crippen molar-refractivity contribution in [1.29, 1.82) is 0 Å². The van der Waals surface area contributed by atoms with Gasteiger partial charge in [-0.1, -0.05) is 6.42 Å². The number of fused-ring (bicyclic) bond motifs is 1. The number of aliphatic hydroxyl groups is 1. The van der Waals surface area contributed by atoms with E-state index in [0.29, 0.717) is 36.1 Å². The summed E-state index contributed by atoms with van der Waals surface area (Å²) in [4.78, 5) is 4.45. The quantitative estimate of drug-likeness (QED) is 0.493. The molecule has 1 heterocycles. The Morgan fingerprint density at radius 2 is 2.07 bits per heavy atom. The Labute approximate surface area is 156 Å². The zero-order valence-electron chi connectivity index (χ0n) is 15.2. The van der Waals surface area contributed by atoms with Crippen LogP contribution in [-0.4, -0.2) is 43.7 Å². The van der Waals surface area contributed by atoms with Crippen LogP contribution in [-0.2, 0) is 6.54 Å². The van der Waals surface area contributed by atoms with Crippen molar-refractivity contribution in [2.45, 2.75) is 45.4 Å². The van der Waals surface area contributed by atoms with Crippen molar-refractivity contribution < 1.29 is 28.1 Å². The van der Waals surface area contributed by atoms with Crippen LogP contribution in [0.5, 0.6) is 17.2 Å². The molecular weight excluding hydrogens is 360 g/mol. The molecule has 3 N–H and O–H groups in total. The number of aliphatic imine (C=N–C) groups is 1. The van der Waals surface area contributed by atoms with Crippen LogP contribution in [0.15, 0.2) is 17.1 Å². The average molecular weight is 385 g/mol. The zero-order chi connectivity index (χ0) is 19.2. The second kappa shape index (κ2) is 9.07. The predicted octanol–water partition coefficient (Wildman–Crippen LogP) is 2.23. The summed E-state index contributed by atoms with van der Waals surface area (Å²) < 4.78 is 40.6. The Bertz CT molecular complexity index is 672. The van der Waals surface area contributed by atoms with Crippen molar-refractivity contribution >= 4 is 5.96 Å². The maximum Gasteiger partial charge on any atom is 0.387 e. The molecule has 0 radical (unpaired) electrons. The van der Waals surface area contributed by atoms with Crippen molar-refractivity contribution in [2.24, 2.45) is 10.9 Å². The van der Waals surface area contributed by atoms with Gasteiger partial charge in [0.05, 0.1) is 12.6 Å². The van der Waals surface area contributed by atoms with Gasteiger partial charge in [0.2, 0.25) is 6.79 Å². The number of nitrogens with one attached hydrogen (secondary N) is 2. The van der Waals surface area contributed by atoms with Crippen LogP contribution in [0.1, 0.15) is 31.7 Å². The summed E-state index contributed by atoms with van der Waals surface area (Å²) in [6.07, 6.45) is 2.53. The first-order chi connectivity index (χ1) is 13.1. The summed E-state index contributed by atoms with van der Waals surface area (Å²) in [5, 5.41) is 16.3. The molecule has 1 aliphatic heterocycles. The van der Waals surface area contributed by atoms with E-state index in [-0.39, 0.29) is 31.1 Å². The van der Waals surface area contributed by atoms with Gasteiger partial charge in [-0.05, 0) is 25.8 Å². The molecule has 0 aromatic heterocycles. The second-order valence-electron chi connectivity index (χ2n) is 6.53. The SMILES string of the molecule is CCNC(=NCc1cc2c(cc1OC(F)F)OCO2)NCC1CCCC1O. The van der Waals surface area contributed by atoms with E-state index < -0.39 is 6.61 Å². The second-order valence-corrected chi connectivity index (χ2v) is 6.53. The number of nitrogens with zero attached hydrogens (tertiary/aromatic N) is 1. The predicted molar refractivity (Wildman–Crippen MR) is 95.4 cm³/mol. The Hall–Kier alpha value is -2.29. The molecule has 0 amide bonds. The Kier molecular flexibility index (Phi) is 6.54. The van der Waals surface area contributed by atoms with E-state index in [1.807, 2.05) is 6.92 Å². The molecule has 1 aliphatic carbocycles. The molecule has 9 heteroatoms. The van der Waals surface area contributed by atoms with Gasteiger partial charge in [-0.15, -0.1) is 0 Å². The lowest BCUT2D eigenvalue weighted by molar-refractivity contribution is -0.0505. The first-order valence-electron chi connectivity index (χ1n) is 9.14. The lowest BCUT2D eigenvalue weighted by atomic mass is 10.1. The summed E-state index contributed by atoms with van der Waals surface area (Å²) in [6.45, 7) is 0.428. The van der Waals surface area contributed by atoms with E-state index in [1.165, 1.54) is 6.07 Å². The number of guanidine groups is 1. The molecule has 1 saturated carbocycles. The summed E-state index contributed by atoms with van der Waals surface area (Å²) >= 11 is 0. The van der Waals surface area contributed by atoms with Crippen LogP contribution in [0.3, 0.4) is 0 Å². The minimum absolute atomic E-state index is 0.0139. The first kappa shape index (κ1) is 19.5. The molecule has 27 heavy (non-hydrogen) atoms. The van der Waals surface area contributed by atoms with Gasteiger partial charge < -0.3 is 30.0 Å². The Balaban J connectivity index is 1.70. The molecule has 7 nitrogen and oxygen atoms in total. The van der Waals surface area contributed by atoms with Gasteiger partial charge in [-0.3, -0.25) is 0 Å². The van der Waals surface area contributed by atoms with Crippen LogP contribution < -0.4 is 24.8 Å². The highest BCUT2D eigenvalue weighted by Gasteiger charge is 2.25. The van der Waals surface area contributed by atoms with Crippen molar-refractivity contribution in [3.05, 3.63) is 17.7 Å². The molecule has 2 unspecified atom stereocenters. The van der Waals surface area contributed by atoms with Crippen molar-refractivity contribution in [3.63, 3.8) is 0 Å². The van der Waals surface area contributed by atoms with Crippen LogP contribution in [0.4, 0.5) is 8.78 Å². The summed E-state index contributed by atoms with van der Waals surface area (Å²) in [5.41, 5.74) is 0.470. The van der Waals surface area contributed by atoms with E-state index in [0.717, 1.165) is 19.3 Å². The topological polar surface area (TPSA) is 84.3 Å². The summed E-state index contributed by atoms with van der Waals surface area (Å²) in [7, 11) is 0. The number of halogens is 2. The van der Waals surface area contributed by atoms with E-state index >= 15 is 0 Å². The zero-order valence-corrected chi connectivity index (χ0v) is 15.2. The highest BCUT2D eigenvalue weighted by Crippen LogP contribution is 2.39. The van der Waals surface area contributed by atoms with Gasteiger partial charge in [0, 0.05) is 30.6 Å². The van der Waals surface area contributed by atoms with E-state index in [2.05, 4.69) is 20.4 Å². The maximum atomic E-state index is 12.7. The Morgan fingerprint density at radius 1 is 1.30 bits per heavy atom. The monoisotopic (exact) mass is 385 g/mol.